The van der Waals surface area contributed by atoms with Crippen molar-refractivity contribution in [1.82, 2.24) is 4.90 Å². The van der Waals surface area contributed by atoms with Crippen molar-refractivity contribution in [1.29, 1.82) is 0 Å². The molecule has 3 nitrogen and oxygen atoms in total. The number of hydrogen-bond donors (Lipinski definition) is 1. The number of hydrogen-bond acceptors (Lipinski definition) is 2. The second-order valence-electron chi connectivity index (χ2n) is 1.86. The molecule has 0 aliphatic carbocycles. The molecule has 0 amide bonds. The molecule has 10 heavy (non-hydrogen) atoms. The van der Waals surface area contributed by atoms with E-state index < -0.39 is 5.97 Å². The Morgan fingerprint density at radius 1 is 1.40 bits per heavy atom. The van der Waals surface area contributed by atoms with E-state index in [2.05, 4.69) is 0 Å². The van der Waals surface area contributed by atoms with Gasteiger partial charge in [-0.15, -0.1) is 0 Å². The van der Waals surface area contributed by atoms with Crippen LogP contribution in [0.25, 0.3) is 0 Å². The zero-order valence-corrected chi connectivity index (χ0v) is 8.92. The van der Waals surface area contributed by atoms with Gasteiger partial charge < -0.3 is 5.11 Å². The molecule has 0 aliphatic heterocycles. The molecule has 0 aliphatic rings. The van der Waals surface area contributed by atoms with Gasteiger partial charge >= 0.3 is 5.97 Å². The van der Waals surface area contributed by atoms with Crippen LogP contribution >= 0.6 is 0 Å². The zero-order chi connectivity index (χ0) is 7.28. The summed E-state index contributed by atoms with van der Waals surface area (Å²) in [5.74, 6) is -0.751. The summed E-state index contributed by atoms with van der Waals surface area (Å²) >= 11 is 0. The molecule has 0 rings (SSSR count). The van der Waals surface area contributed by atoms with Crippen LogP contribution in [0.1, 0.15) is 13.8 Å². The molecule has 0 bridgehead atoms. The van der Waals surface area contributed by atoms with Gasteiger partial charge in [-0.2, -0.15) is 0 Å². The maximum Gasteiger partial charge on any atom is 0.317 e. The van der Waals surface area contributed by atoms with Gasteiger partial charge in [-0.3, -0.25) is 9.69 Å². The predicted octanol–water partition coefficient (Wildman–Crippen LogP) is 0.0320. The van der Waals surface area contributed by atoms with Gasteiger partial charge in [-0.05, 0) is 13.1 Å². The third-order valence-electron chi connectivity index (χ3n) is 1.25. The Morgan fingerprint density at radius 2 is 1.80 bits per heavy atom. The molecule has 4 heteroatoms. The molecule has 0 aromatic rings. The fraction of sp³-hybridized carbons (Fsp3) is 0.833. The summed E-state index contributed by atoms with van der Waals surface area (Å²) in [6, 6.07) is 0. The summed E-state index contributed by atoms with van der Waals surface area (Å²) in [7, 11) is 0. The topological polar surface area (TPSA) is 40.5 Å². The van der Waals surface area contributed by atoms with Gasteiger partial charge in [0.1, 0.15) is 0 Å². The van der Waals surface area contributed by atoms with Gasteiger partial charge in [-0.25, -0.2) is 0 Å². The fourth-order valence-electron chi connectivity index (χ4n) is 0.639. The summed E-state index contributed by atoms with van der Waals surface area (Å²) < 4.78 is 0. The van der Waals surface area contributed by atoms with Gasteiger partial charge in [0, 0.05) is 29.6 Å². The van der Waals surface area contributed by atoms with E-state index in [4.69, 9.17) is 5.11 Å². The van der Waals surface area contributed by atoms with Crippen molar-refractivity contribution in [3.8, 4) is 0 Å². The first-order valence-electron chi connectivity index (χ1n) is 3.14. The quantitative estimate of drug-likeness (QED) is 0.581. The molecule has 0 aromatic heterocycles. The van der Waals surface area contributed by atoms with E-state index in [1.807, 2.05) is 18.7 Å². The first-order chi connectivity index (χ1) is 4.20. The van der Waals surface area contributed by atoms with Crippen molar-refractivity contribution in [2.75, 3.05) is 19.6 Å². The number of aliphatic carboxylic acids is 1. The summed E-state index contributed by atoms with van der Waals surface area (Å²) in [6.45, 7) is 5.68. The average molecular weight is 154 g/mol. The number of likely N-dealkylation sites (N-methyl/N-ethyl adjacent to an activating group) is 1. The molecule has 0 unspecified atom stereocenters. The Morgan fingerprint density at radius 3 is 1.90 bits per heavy atom. The number of carbonyl (C=O) groups is 1. The number of carboxylic acids is 1. The zero-order valence-electron chi connectivity index (χ0n) is 6.92. The van der Waals surface area contributed by atoms with Crippen LogP contribution in [0, 0.1) is 0 Å². The van der Waals surface area contributed by atoms with Crippen molar-refractivity contribution in [3.05, 3.63) is 0 Å². The van der Waals surface area contributed by atoms with E-state index in [0.29, 0.717) is 0 Å². The Labute approximate surface area is 83.7 Å². The summed E-state index contributed by atoms with van der Waals surface area (Å²) in [6.07, 6.45) is 0. The van der Waals surface area contributed by atoms with E-state index in [1.54, 1.807) is 0 Å². The Balaban J connectivity index is 0. The SMILES string of the molecule is CCN(CC)CC(=O)O.[Na]. The largest absolute Gasteiger partial charge is 0.480 e. The molecule has 55 valence electrons. The predicted molar refractivity (Wildman–Crippen MR) is 41.2 cm³/mol. The summed E-state index contributed by atoms with van der Waals surface area (Å²) in [4.78, 5) is 11.9. The van der Waals surface area contributed by atoms with Crippen LogP contribution in [-0.4, -0.2) is 65.2 Å². The summed E-state index contributed by atoms with van der Waals surface area (Å²) in [5, 5.41) is 8.30. The molecule has 0 saturated carbocycles. The van der Waals surface area contributed by atoms with Gasteiger partial charge in [0.2, 0.25) is 0 Å². The average Bonchev–Trinajstić information content (AvgIpc) is 1.82. The van der Waals surface area contributed by atoms with Crippen LogP contribution in [0.15, 0.2) is 0 Å². The molecule has 0 aromatic carbocycles. The van der Waals surface area contributed by atoms with Gasteiger partial charge in [0.25, 0.3) is 0 Å². The van der Waals surface area contributed by atoms with Crippen molar-refractivity contribution in [2.45, 2.75) is 13.8 Å². The Bertz CT molecular complexity index is 93.7. The maximum atomic E-state index is 10.1. The van der Waals surface area contributed by atoms with Gasteiger partial charge in [0.05, 0.1) is 6.54 Å². The Kier molecular flexibility index (Phi) is 9.84. The van der Waals surface area contributed by atoms with E-state index in [9.17, 15) is 4.79 Å². The smallest absolute Gasteiger partial charge is 0.317 e. The fourth-order valence-corrected chi connectivity index (χ4v) is 0.639. The molecule has 0 fully saturated rings. The maximum absolute atomic E-state index is 10.1. The second kappa shape index (κ2) is 7.54. The minimum atomic E-state index is -0.751. The van der Waals surface area contributed by atoms with E-state index in [-0.39, 0.29) is 36.1 Å². The Hall–Kier alpha value is 0.430. The van der Waals surface area contributed by atoms with Crippen LogP contribution in [0.5, 0.6) is 0 Å². The molecule has 1 N–H and O–H groups in total. The molecule has 0 atom stereocenters. The van der Waals surface area contributed by atoms with Crippen molar-refractivity contribution in [3.63, 3.8) is 0 Å². The van der Waals surface area contributed by atoms with Crippen molar-refractivity contribution in [2.24, 2.45) is 0 Å². The van der Waals surface area contributed by atoms with Crippen LogP contribution in [0.2, 0.25) is 0 Å². The minimum Gasteiger partial charge on any atom is -0.480 e. The number of carboxylic acid groups (broad SMARTS) is 1. The first kappa shape index (κ1) is 13.1. The monoisotopic (exact) mass is 154 g/mol. The standard InChI is InChI=1S/C6H13NO2.Na/c1-3-7(4-2)5-6(8)9;/h3-5H2,1-2H3,(H,8,9);. The number of rotatable bonds is 4. The normalized spacial score (nSPS) is 9.10. The second-order valence-corrected chi connectivity index (χ2v) is 1.86. The van der Waals surface area contributed by atoms with Crippen LogP contribution < -0.4 is 0 Å². The number of nitrogens with zero attached hydrogens (tertiary/aromatic N) is 1. The molecule has 1 radical (unpaired) electrons. The molecule has 0 heterocycles. The first-order valence-corrected chi connectivity index (χ1v) is 3.14. The molecule has 0 spiro atoms. The molecule has 0 saturated heterocycles. The van der Waals surface area contributed by atoms with Crippen LogP contribution in [0.3, 0.4) is 0 Å². The van der Waals surface area contributed by atoms with Gasteiger partial charge in [0.15, 0.2) is 0 Å². The summed E-state index contributed by atoms with van der Waals surface area (Å²) in [5.41, 5.74) is 0. The molecular weight excluding hydrogens is 141 g/mol. The van der Waals surface area contributed by atoms with E-state index >= 15 is 0 Å². The van der Waals surface area contributed by atoms with Crippen molar-refractivity contribution < 1.29 is 9.90 Å². The van der Waals surface area contributed by atoms with Crippen LogP contribution in [-0.2, 0) is 4.79 Å². The van der Waals surface area contributed by atoms with Gasteiger partial charge in [-0.1, -0.05) is 13.8 Å². The van der Waals surface area contributed by atoms with E-state index in [0.717, 1.165) is 13.1 Å². The molecular formula is C6H13NNaO2. The minimum absolute atomic E-state index is 0. The van der Waals surface area contributed by atoms with Crippen LogP contribution in [0.4, 0.5) is 0 Å². The third-order valence-corrected chi connectivity index (χ3v) is 1.25. The van der Waals surface area contributed by atoms with E-state index in [1.165, 1.54) is 0 Å². The van der Waals surface area contributed by atoms with Crippen molar-refractivity contribution >= 4 is 35.5 Å². The third kappa shape index (κ3) is 6.55.